The van der Waals surface area contributed by atoms with E-state index in [0.29, 0.717) is 37.0 Å². The van der Waals surface area contributed by atoms with Crippen LogP contribution in [0.3, 0.4) is 0 Å². The molecule has 1 aromatic rings. The summed E-state index contributed by atoms with van der Waals surface area (Å²) >= 11 is 0. The second-order valence-corrected chi connectivity index (χ2v) is 11.5. The zero-order valence-electron chi connectivity index (χ0n) is 18.1. The summed E-state index contributed by atoms with van der Waals surface area (Å²) in [6, 6.07) is 6.29. The molecule has 0 radical (unpaired) electrons. The first-order chi connectivity index (χ1) is 12.9. The molecular formula is C21H36N3O3S+. The molecular weight excluding hydrogens is 374 g/mol. The molecule has 0 saturated carbocycles. The van der Waals surface area contributed by atoms with E-state index < -0.39 is 10.0 Å². The van der Waals surface area contributed by atoms with Crippen LogP contribution >= 0.6 is 0 Å². The Labute approximate surface area is 170 Å². The lowest BCUT2D eigenvalue weighted by molar-refractivity contribution is -0.865. The average molecular weight is 411 g/mol. The van der Waals surface area contributed by atoms with Crippen molar-refractivity contribution in [2.75, 3.05) is 40.3 Å². The SMILES string of the molecule is C[C@H]1C[C@H](C)CN(S(=O)(=O)c2ccc(C(=O)NCC(C)(C)C[NH+](C)C)cc2)C1. The molecule has 1 aromatic carbocycles. The molecule has 0 aliphatic carbocycles. The van der Waals surface area contributed by atoms with E-state index in [1.807, 2.05) is 0 Å². The molecule has 2 rings (SSSR count). The van der Waals surface area contributed by atoms with Gasteiger partial charge in [-0.05, 0) is 42.5 Å². The summed E-state index contributed by atoms with van der Waals surface area (Å²) in [6.07, 6.45) is 1.05. The number of carbonyl (C=O) groups is 1. The average Bonchev–Trinajstić information content (AvgIpc) is 2.58. The van der Waals surface area contributed by atoms with E-state index in [4.69, 9.17) is 0 Å². The molecule has 0 spiro atoms. The Balaban J connectivity index is 2.05. The van der Waals surface area contributed by atoms with Crippen LogP contribution in [0.4, 0.5) is 0 Å². The van der Waals surface area contributed by atoms with Crippen LogP contribution in [0.25, 0.3) is 0 Å². The van der Waals surface area contributed by atoms with E-state index in [0.717, 1.165) is 13.0 Å². The molecule has 1 fully saturated rings. The minimum atomic E-state index is -3.52. The Bertz CT molecular complexity index is 763. The maximum absolute atomic E-state index is 12.9. The number of piperidine rings is 1. The van der Waals surface area contributed by atoms with Crippen molar-refractivity contribution in [1.82, 2.24) is 9.62 Å². The van der Waals surface area contributed by atoms with Crippen molar-refractivity contribution < 1.29 is 18.1 Å². The number of nitrogens with one attached hydrogen (secondary N) is 2. The zero-order valence-corrected chi connectivity index (χ0v) is 18.9. The number of hydrogen-bond donors (Lipinski definition) is 2. The third-order valence-electron chi connectivity index (χ3n) is 5.15. The van der Waals surface area contributed by atoms with E-state index in [9.17, 15) is 13.2 Å². The van der Waals surface area contributed by atoms with Gasteiger partial charge in [0, 0.05) is 30.6 Å². The highest BCUT2D eigenvalue weighted by Gasteiger charge is 2.31. The summed E-state index contributed by atoms with van der Waals surface area (Å²) in [5, 5.41) is 2.97. The predicted octanol–water partition coefficient (Wildman–Crippen LogP) is 1.25. The second kappa shape index (κ2) is 8.93. The van der Waals surface area contributed by atoms with E-state index in [-0.39, 0.29) is 16.2 Å². The van der Waals surface area contributed by atoms with Gasteiger partial charge in [0.15, 0.2) is 0 Å². The van der Waals surface area contributed by atoms with Crippen molar-refractivity contribution in [3.63, 3.8) is 0 Å². The summed E-state index contributed by atoms with van der Waals surface area (Å²) < 4.78 is 27.5. The highest BCUT2D eigenvalue weighted by molar-refractivity contribution is 7.89. The minimum absolute atomic E-state index is 0.0145. The molecule has 1 saturated heterocycles. The largest absolute Gasteiger partial charge is 0.351 e. The number of benzene rings is 1. The van der Waals surface area contributed by atoms with E-state index >= 15 is 0 Å². The number of amides is 1. The lowest BCUT2D eigenvalue weighted by Crippen LogP contribution is -3.07. The monoisotopic (exact) mass is 410 g/mol. The smallest absolute Gasteiger partial charge is 0.251 e. The van der Waals surface area contributed by atoms with Gasteiger partial charge in [0.1, 0.15) is 0 Å². The zero-order chi connectivity index (χ0) is 21.1. The van der Waals surface area contributed by atoms with Crippen molar-refractivity contribution in [1.29, 1.82) is 0 Å². The van der Waals surface area contributed by atoms with Gasteiger partial charge in [-0.2, -0.15) is 4.31 Å². The minimum Gasteiger partial charge on any atom is -0.351 e. The number of sulfonamides is 1. The number of rotatable bonds is 7. The fraction of sp³-hybridized carbons (Fsp3) is 0.667. The summed E-state index contributed by atoms with van der Waals surface area (Å²) in [6.45, 7) is 11.0. The molecule has 7 heteroatoms. The Kier molecular flexibility index (Phi) is 7.28. The van der Waals surface area contributed by atoms with Gasteiger partial charge in [-0.25, -0.2) is 8.42 Å². The summed E-state index contributed by atoms with van der Waals surface area (Å²) in [4.78, 5) is 14.0. The van der Waals surface area contributed by atoms with Gasteiger partial charge in [0.05, 0.1) is 25.5 Å². The van der Waals surface area contributed by atoms with Crippen LogP contribution in [0, 0.1) is 17.3 Å². The van der Waals surface area contributed by atoms with E-state index in [1.54, 1.807) is 28.6 Å². The predicted molar refractivity (Wildman–Crippen MR) is 112 cm³/mol. The van der Waals surface area contributed by atoms with Gasteiger partial charge in [0.25, 0.3) is 5.91 Å². The van der Waals surface area contributed by atoms with Crippen molar-refractivity contribution in [2.24, 2.45) is 17.3 Å². The molecule has 0 bridgehead atoms. The fourth-order valence-electron chi connectivity index (χ4n) is 4.17. The second-order valence-electron chi connectivity index (χ2n) is 9.52. The van der Waals surface area contributed by atoms with Crippen LogP contribution in [0.15, 0.2) is 29.2 Å². The third kappa shape index (κ3) is 6.03. The normalized spacial score (nSPS) is 21.7. The maximum Gasteiger partial charge on any atom is 0.251 e. The number of hydrogen-bond acceptors (Lipinski definition) is 3. The summed E-state index contributed by atoms with van der Waals surface area (Å²) in [5.74, 6) is 0.540. The first-order valence-corrected chi connectivity index (χ1v) is 11.5. The van der Waals surface area contributed by atoms with Gasteiger partial charge in [-0.15, -0.1) is 0 Å². The first kappa shape index (κ1) is 22.8. The van der Waals surface area contributed by atoms with Crippen molar-refractivity contribution in [3.8, 4) is 0 Å². The number of carbonyl (C=O) groups excluding carboxylic acids is 1. The molecule has 6 nitrogen and oxygen atoms in total. The molecule has 1 aliphatic rings. The molecule has 2 atom stereocenters. The topological polar surface area (TPSA) is 70.9 Å². The molecule has 158 valence electrons. The molecule has 28 heavy (non-hydrogen) atoms. The van der Waals surface area contributed by atoms with Crippen LogP contribution in [-0.4, -0.2) is 58.9 Å². The molecule has 1 heterocycles. The fourth-order valence-corrected chi connectivity index (χ4v) is 5.85. The molecule has 0 aromatic heterocycles. The van der Waals surface area contributed by atoms with Crippen LogP contribution in [0.5, 0.6) is 0 Å². The van der Waals surface area contributed by atoms with Gasteiger partial charge in [-0.3, -0.25) is 4.79 Å². The van der Waals surface area contributed by atoms with E-state index in [2.05, 4.69) is 47.1 Å². The highest BCUT2D eigenvalue weighted by Crippen LogP contribution is 2.26. The summed E-state index contributed by atoms with van der Waals surface area (Å²) in [7, 11) is 0.659. The maximum atomic E-state index is 12.9. The molecule has 2 N–H and O–H groups in total. The van der Waals surface area contributed by atoms with Crippen LogP contribution in [-0.2, 0) is 10.0 Å². The standard InChI is InChI=1S/C21H35N3O3S/c1-16-11-17(2)13-24(12-16)28(26,27)19-9-7-18(8-10-19)20(25)22-14-21(3,4)15-23(5)6/h7-10,16-17H,11-15H2,1-6H3,(H,22,25)/p+1/t16-,17-/m0/s1. The quantitative estimate of drug-likeness (QED) is 0.711. The van der Waals surface area contributed by atoms with Crippen LogP contribution < -0.4 is 10.2 Å². The van der Waals surface area contributed by atoms with Crippen molar-refractivity contribution in [3.05, 3.63) is 29.8 Å². The van der Waals surface area contributed by atoms with Crippen LogP contribution in [0.1, 0.15) is 44.5 Å². The lowest BCUT2D eigenvalue weighted by Gasteiger charge is -2.34. The van der Waals surface area contributed by atoms with Crippen LogP contribution in [0.2, 0.25) is 0 Å². The lowest BCUT2D eigenvalue weighted by atomic mass is 9.93. The van der Waals surface area contributed by atoms with Gasteiger partial charge in [0.2, 0.25) is 10.0 Å². The van der Waals surface area contributed by atoms with Crippen molar-refractivity contribution >= 4 is 15.9 Å². The van der Waals surface area contributed by atoms with Crippen molar-refractivity contribution in [2.45, 2.75) is 39.0 Å². The molecule has 1 aliphatic heterocycles. The molecule has 1 amide bonds. The Morgan fingerprint density at radius 3 is 2.18 bits per heavy atom. The third-order valence-corrected chi connectivity index (χ3v) is 7.00. The van der Waals surface area contributed by atoms with E-state index in [1.165, 1.54) is 4.90 Å². The van der Waals surface area contributed by atoms with Gasteiger partial charge < -0.3 is 10.2 Å². The Morgan fingerprint density at radius 2 is 1.68 bits per heavy atom. The van der Waals surface area contributed by atoms with Gasteiger partial charge in [-0.1, -0.05) is 27.7 Å². The number of quaternary nitrogens is 1. The first-order valence-electron chi connectivity index (χ1n) is 10.1. The van der Waals surface area contributed by atoms with Gasteiger partial charge >= 0.3 is 0 Å². The number of nitrogens with zero attached hydrogens (tertiary/aromatic N) is 1. The Hall–Kier alpha value is -1.44. The molecule has 0 unspecified atom stereocenters. The highest BCUT2D eigenvalue weighted by atomic mass is 32.2. The summed E-state index contributed by atoms with van der Waals surface area (Å²) in [5.41, 5.74) is 0.465. The Morgan fingerprint density at radius 1 is 1.14 bits per heavy atom.